The smallest absolute Gasteiger partial charge is 0.220 e. The zero-order chi connectivity index (χ0) is 15.5. The molecule has 0 aliphatic carbocycles. The van der Waals surface area contributed by atoms with E-state index in [1.165, 1.54) is 0 Å². The van der Waals surface area contributed by atoms with Gasteiger partial charge in [0.25, 0.3) is 0 Å². The fourth-order valence-corrected chi connectivity index (χ4v) is 1.39. The second-order valence-electron chi connectivity index (χ2n) is 4.16. The lowest BCUT2D eigenvalue weighted by Crippen LogP contribution is -2.49. The number of carbonyl (C=O) groups is 4. The van der Waals surface area contributed by atoms with E-state index < -0.39 is 23.9 Å². The first kappa shape index (κ1) is 17.9. The molecule has 0 aromatic rings. The molecule has 114 valence electrons. The fraction of sp³-hybridized carbons (Fsp3) is 0.667. The first-order valence-corrected chi connectivity index (χ1v) is 6.33. The van der Waals surface area contributed by atoms with Gasteiger partial charge in [0, 0.05) is 25.4 Å². The topological polar surface area (TPSA) is 138 Å². The van der Waals surface area contributed by atoms with Crippen LogP contribution in [0.25, 0.3) is 0 Å². The number of nitrogens with one attached hydrogen (secondary N) is 2. The van der Waals surface area contributed by atoms with E-state index in [0.29, 0.717) is 0 Å². The summed E-state index contributed by atoms with van der Waals surface area (Å²) < 4.78 is 0. The van der Waals surface area contributed by atoms with Crippen LogP contribution in [0.4, 0.5) is 0 Å². The van der Waals surface area contributed by atoms with Gasteiger partial charge < -0.3 is 30.4 Å². The molecule has 1 atom stereocenters. The minimum absolute atomic E-state index is 0.000297. The monoisotopic (exact) mass is 286 g/mol. The van der Waals surface area contributed by atoms with Crippen LogP contribution in [0.5, 0.6) is 0 Å². The van der Waals surface area contributed by atoms with Gasteiger partial charge in [-0.3, -0.25) is 9.59 Å². The number of aliphatic carboxylic acids is 2. The van der Waals surface area contributed by atoms with E-state index in [-0.39, 0.29) is 44.6 Å². The zero-order valence-corrected chi connectivity index (χ0v) is 11.3. The van der Waals surface area contributed by atoms with Crippen molar-refractivity contribution in [3.63, 3.8) is 0 Å². The number of rotatable bonds is 10. The summed E-state index contributed by atoms with van der Waals surface area (Å²) >= 11 is 0. The Balaban J connectivity index is 4.06. The van der Waals surface area contributed by atoms with E-state index in [0.717, 1.165) is 0 Å². The van der Waals surface area contributed by atoms with Crippen LogP contribution in [0.2, 0.25) is 0 Å². The van der Waals surface area contributed by atoms with Crippen LogP contribution in [0.15, 0.2) is 0 Å². The summed E-state index contributed by atoms with van der Waals surface area (Å²) in [6.45, 7) is 1.76. The van der Waals surface area contributed by atoms with Gasteiger partial charge in [0.05, 0.1) is 12.0 Å². The van der Waals surface area contributed by atoms with Crippen LogP contribution in [0, 0.1) is 0 Å². The highest BCUT2D eigenvalue weighted by Crippen LogP contribution is 1.97. The molecule has 0 aliphatic rings. The summed E-state index contributed by atoms with van der Waals surface area (Å²) in [7, 11) is 0. The minimum atomic E-state index is -1.45. The average molecular weight is 286 g/mol. The Bertz CT molecular complexity index is 369. The summed E-state index contributed by atoms with van der Waals surface area (Å²) in [4.78, 5) is 43.3. The quantitative estimate of drug-likeness (QED) is 0.440. The van der Waals surface area contributed by atoms with E-state index in [9.17, 15) is 29.4 Å². The summed E-state index contributed by atoms with van der Waals surface area (Å²) in [5.41, 5.74) is 0. The average Bonchev–Trinajstić information content (AvgIpc) is 2.36. The fourth-order valence-electron chi connectivity index (χ4n) is 1.39. The standard InChI is InChI=1S/C12H20N2O6/c1-2-9(15)13-7-6-8(12(19)20)14-10(16)4-3-5-11(17)18/h8H,2-7H2,1H3,(H,13,15)(H,14,16)(H,17,18)(H,19,20)/p-2/t8-/m1/s1. The third-order valence-corrected chi connectivity index (χ3v) is 2.48. The van der Waals surface area contributed by atoms with Crippen molar-refractivity contribution in [2.75, 3.05) is 6.54 Å². The van der Waals surface area contributed by atoms with Crippen molar-refractivity contribution in [1.29, 1.82) is 0 Å². The lowest BCUT2D eigenvalue weighted by Gasteiger charge is -2.20. The molecule has 0 heterocycles. The SMILES string of the molecule is CCC(=O)NCC[C@@H](NC(=O)CCCC(=O)[O-])C(=O)[O-]. The summed E-state index contributed by atoms with van der Waals surface area (Å²) in [6.07, 6.45) is -0.0264. The number of carbonyl (C=O) groups excluding carboxylic acids is 4. The van der Waals surface area contributed by atoms with Crippen molar-refractivity contribution in [2.45, 2.75) is 45.1 Å². The van der Waals surface area contributed by atoms with Gasteiger partial charge in [0.2, 0.25) is 11.8 Å². The predicted molar refractivity (Wildman–Crippen MR) is 63.7 cm³/mol. The van der Waals surface area contributed by atoms with Gasteiger partial charge in [-0.15, -0.1) is 0 Å². The zero-order valence-electron chi connectivity index (χ0n) is 11.3. The van der Waals surface area contributed by atoms with Gasteiger partial charge in [-0.1, -0.05) is 6.92 Å². The van der Waals surface area contributed by atoms with Crippen molar-refractivity contribution < 1.29 is 29.4 Å². The van der Waals surface area contributed by atoms with Crippen molar-refractivity contribution in [3.05, 3.63) is 0 Å². The highest BCUT2D eigenvalue weighted by atomic mass is 16.4. The third kappa shape index (κ3) is 8.90. The van der Waals surface area contributed by atoms with E-state index in [2.05, 4.69) is 10.6 Å². The maximum atomic E-state index is 11.4. The third-order valence-electron chi connectivity index (χ3n) is 2.48. The highest BCUT2D eigenvalue weighted by molar-refractivity contribution is 5.83. The normalized spacial score (nSPS) is 11.4. The first-order valence-electron chi connectivity index (χ1n) is 6.33. The van der Waals surface area contributed by atoms with Crippen molar-refractivity contribution in [2.24, 2.45) is 0 Å². The molecule has 0 rings (SSSR count). The number of hydrogen-bond acceptors (Lipinski definition) is 6. The highest BCUT2D eigenvalue weighted by Gasteiger charge is 2.13. The Kier molecular flexibility index (Phi) is 8.73. The molecule has 0 aromatic carbocycles. The van der Waals surface area contributed by atoms with E-state index in [1.807, 2.05) is 0 Å². The predicted octanol–water partition coefficient (Wildman–Crippen LogP) is -2.94. The van der Waals surface area contributed by atoms with Crippen LogP contribution in [0.1, 0.15) is 39.0 Å². The first-order chi connectivity index (χ1) is 9.36. The molecule has 0 spiro atoms. The molecule has 8 nitrogen and oxygen atoms in total. The lowest BCUT2D eigenvalue weighted by atomic mass is 10.1. The van der Waals surface area contributed by atoms with Crippen molar-refractivity contribution in [3.8, 4) is 0 Å². The molecule has 0 unspecified atom stereocenters. The van der Waals surface area contributed by atoms with Crippen LogP contribution in [-0.4, -0.2) is 36.3 Å². The molecule has 2 N–H and O–H groups in total. The van der Waals surface area contributed by atoms with Crippen molar-refractivity contribution >= 4 is 23.8 Å². The molecule has 2 amide bonds. The lowest BCUT2D eigenvalue weighted by molar-refractivity contribution is -0.309. The van der Waals surface area contributed by atoms with Gasteiger partial charge in [0.15, 0.2) is 0 Å². The van der Waals surface area contributed by atoms with Crippen LogP contribution in [0.3, 0.4) is 0 Å². The van der Waals surface area contributed by atoms with Gasteiger partial charge >= 0.3 is 0 Å². The van der Waals surface area contributed by atoms with Crippen LogP contribution < -0.4 is 20.8 Å². The van der Waals surface area contributed by atoms with Gasteiger partial charge in [-0.2, -0.15) is 0 Å². The molecule has 0 saturated heterocycles. The number of carboxylic acids is 2. The Morgan fingerprint density at radius 2 is 1.70 bits per heavy atom. The van der Waals surface area contributed by atoms with E-state index >= 15 is 0 Å². The Morgan fingerprint density at radius 1 is 1.05 bits per heavy atom. The number of amides is 2. The molecule has 20 heavy (non-hydrogen) atoms. The maximum Gasteiger partial charge on any atom is 0.220 e. The van der Waals surface area contributed by atoms with Gasteiger partial charge in [0.1, 0.15) is 0 Å². The second kappa shape index (κ2) is 9.76. The molecule has 0 fully saturated rings. The maximum absolute atomic E-state index is 11.4. The Hall–Kier alpha value is -2.12. The molecule has 0 aromatic heterocycles. The molecule has 0 bridgehead atoms. The molecule has 8 heteroatoms. The summed E-state index contributed by atoms with van der Waals surface area (Å²) in [5.74, 6) is -3.52. The number of carboxylic acid groups (broad SMARTS) is 2. The molecular weight excluding hydrogens is 268 g/mol. The summed E-state index contributed by atoms with van der Waals surface area (Å²) in [6, 6.07) is -1.22. The minimum Gasteiger partial charge on any atom is -0.550 e. The van der Waals surface area contributed by atoms with E-state index in [1.54, 1.807) is 6.92 Å². The molecular formula is C12H18N2O6-2. The van der Waals surface area contributed by atoms with Gasteiger partial charge in [-0.05, 0) is 19.3 Å². The van der Waals surface area contributed by atoms with Crippen molar-refractivity contribution in [1.82, 2.24) is 10.6 Å². The second-order valence-corrected chi connectivity index (χ2v) is 4.16. The van der Waals surface area contributed by atoms with Crippen LogP contribution >= 0.6 is 0 Å². The Morgan fingerprint density at radius 3 is 2.20 bits per heavy atom. The molecule has 0 radical (unpaired) electrons. The number of hydrogen-bond donors (Lipinski definition) is 2. The Labute approximate surface area is 116 Å². The van der Waals surface area contributed by atoms with E-state index in [4.69, 9.17) is 0 Å². The molecule has 0 saturated carbocycles. The largest absolute Gasteiger partial charge is 0.550 e. The van der Waals surface area contributed by atoms with Crippen LogP contribution in [-0.2, 0) is 19.2 Å². The van der Waals surface area contributed by atoms with Gasteiger partial charge in [-0.25, -0.2) is 0 Å². The summed E-state index contributed by atoms with van der Waals surface area (Å²) in [5, 5.41) is 25.7. The molecule has 0 aliphatic heterocycles.